The normalized spacial score (nSPS) is 10.3. The highest BCUT2D eigenvalue weighted by atomic mass is 35.5. The SMILES string of the molecule is CN(Cc1cccc(Cl)c1Cl)C(=O)c1c[nH]ccc1=O. The highest BCUT2D eigenvalue weighted by molar-refractivity contribution is 6.42. The van der Waals surface area contributed by atoms with Crippen molar-refractivity contribution in [2.24, 2.45) is 0 Å². The van der Waals surface area contributed by atoms with Crippen molar-refractivity contribution in [2.75, 3.05) is 7.05 Å². The lowest BCUT2D eigenvalue weighted by Crippen LogP contribution is -2.30. The summed E-state index contributed by atoms with van der Waals surface area (Å²) in [5.41, 5.74) is 0.494. The van der Waals surface area contributed by atoms with Crippen molar-refractivity contribution in [3.8, 4) is 0 Å². The third kappa shape index (κ3) is 3.03. The van der Waals surface area contributed by atoms with Crippen LogP contribution in [0.15, 0.2) is 41.5 Å². The maximum atomic E-state index is 12.2. The molecule has 0 saturated heterocycles. The molecule has 1 aromatic carbocycles. The Kier molecular flexibility index (Phi) is 4.47. The van der Waals surface area contributed by atoms with Crippen LogP contribution in [0.25, 0.3) is 0 Å². The van der Waals surface area contributed by atoms with Gasteiger partial charge in [-0.2, -0.15) is 0 Å². The number of rotatable bonds is 3. The quantitative estimate of drug-likeness (QED) is 0.947. The Morgan fingerprint density at radius 1 is 1.30 bits per heavy atom. The molecule has 1 aromatic heterocycles. The number of benzene rings is 1. The first-order chi connectivity index (χ1) is 9.50. The molecule has 0 radical (unpaired) electrons. The molecule has 1 amide bonds. The molecule has 1 N–H and O–H groups in total. The average molecular weight is 311 g/mol. The summed E-state index contributed by atoms with van der Waals surface area (Å²) in [6, 6.07) is 6.54. The van der Waals surface area contributed by atoms with Gasteiger partial charge in [-0.3, -0.25) is 9.59 Å². The fourth-order valence-electron chi connectivity index (χ4n) is 1.79. The van der Waals surface area contributed by atoms with Gasteiger partial charge in [-0.25, -0.2) is 0 Å². The summed E-state index contributed by atoms with van der Waals surface area (Å²) >= 11 is 12.0. The van der Waals surface area contributed by atoms with Crippen LogP contribution in [-0.2, 0) is 6.54 Å². The molecular formula is C14H12Cl2N2O2. The molecule has 0 bridgehead atoms. The predicted octanol–water partition coefficient (Wildman–Crippen LogP) is 2.95. The summed E-state index contributed by atoms with van der Waals surface area (Å²) in [6.45, 7) is 0.270. The number of nitrogens with one attached hydrogen (secondary N) is 1. The Balaban J connectivity index is 2.22. The summed E-state index contributed by atoms with van der Waals surface area (Å²) in [5.74, 6) is -0.372. The van der Waals surface area contributed by atoms with Crippen molar-refractivity contribution in [3.63, 3.8) is 0 Å². The van der Waals surface area contributed by atoms with Crippen molar-refractivity contribution in [1.82, 2.24) is 9.88 Å². The Morgan fingerprint density at radius 2 is 2.05 bits per heavy atom. The van der Waals surface area contributed by atoms with Crippen LogP contribution in [0, 0.1) is 0 Å². The predicted molar refractivity (Wildman–Crippen MR) is 79.3 cm³/mol. The van der Waals surface area contributed by atoms with Crippen molar-refractivity contribution in [2.45, 2.75) is 6.54 Å². The topological polar surface area (TPSA) is 53.2 Å². The molecule has 4 nitrogen and oxygen atoms in total. The molecular weight excluding hydrogens is 299 g/mol. The Morgan fingerprint density at radius 3 is 2.75 bits per heavy atom. The van der Waals surface area contributed by atoms with Gasteiger partial charge in [0.2, 0.25) is 0 Å². The van der Waals surface area contributed by atoms with Gasteiger partial charge in [0.05, 0.1) is 10.0 Å². The van der Waals surface area contributed by atoms with E-state index in [-0.39, 0.29) is 23.4 Å². The minimum Gasteiger partial charge on any atom is -0.367 e. The smallest absolute Gasteiger partial charge is 0.259 e. The van der Waals surface area contributed by atoms with E-state index in [1.54, 1.807) is 25.2 Å². The number of nitrogens with zero attached hydrogens (tertiary/aromatic N) is 1. The van der Waals surface area contributed by atoms with E-state index in [1.165, 1.54) is 23.4 Å². The molecule has 20 heavy (non-hydrogen) atoms. The largest absolute Gasteiger partial charge is 0.367 e. The zero-order chi connectivity index (χ0) is 14.7. The number of H-pyrrole nitrogens is 1. The fourth-order valence-corrected chi connectivity index (χ4v) is 2.17. The van der Waals surface area contributed by atoms with E-state index < -0.39 is 0 Å². The highest BCUT2D eigenvalue weighted by Gasteiger charge is 2.16. The van der Waals surface area contributed by atoms with E-state index in [4.69, 9.17) is 23.2 Å². The van der Waals surface area contributed by atoms with Crippen LogP contribution in [0.5, 0.6) is 0 Å². The fraction of sp³-hybridized carbons (Fsp3) is 0.143. The average Bonchev–Trinajstić information content (AvgIpc) is 2.43. The number of aromatic amines is 1. The molecule has 0 saturated carbocycles. The first-order valence-corrected chi connectivity index (χ1v) is 6.61. The molecule has 104 valence electrons. The van der Waals surface area contributed by atoms with E-state index in [9.17, 15) is 9.59 Å². The number of aromatic nitrogens is 1. The lowest BCUT2D eigenvalue weighted by molar-refractivity contribution is 0.0783. The number of carbonyl (C=O) groups excluding carboxylic acids is 1. The van der Waals surface area contributed by atoms with Gasteiger partial charge in [0, 0.05) is 32.1 Å². The first-order valence-electron chi connectivity index (χ1n) is 5.86. The van der Waals surface area contributed by atoms with E-state index in [0.29, 0.717) is 10.0 Å². The third-order valence-corrected chi connectivity index (χ3v) is 3.70. The molecule has 0 atom stereocenters. The molecule has 1 heterocycles. The molecule has 0 aliphatic carbocycles. The summed E-state index contributed by atoms with van der Waals surface area (Å²) in [6.07, 6.45) is 2.87. The van der Waals surface area contributed by atoms with E-state index >= 15 is 0 Å². The highest BCUT2D eigenvalue weighted by Crippen LogP contribution is 2.26. The van der Waals surface area contributed by atoms with Gasteiger partial charge in [0.25, 0.3) is 5.91 Å². The van der Waals surface area contributed by atoms with Crippen molar-refractivity contribution < 1.29 is 4.79 Å². The number of halogens is 2. The second-order valence-electron chi connectivity index (χ2n) is 4.30. The molecule has 2 rings (SSSR count). The van der Waals surface area contributed by atoms with Crippen LogP contribution in [-0.4, -0.2) is 22.8 Å². The molecule has 0 aliphatic heterocycles. The Bertz CT molecular complexity index is 698. The maximum Gasteiger partial charge on any atom is 0.259 e. The molecule has 2 aromatic rings. The van der Waals surface area contributed by atoms with Gasteiger partial charge in [0.1, 0.15) is 5.56 Å². The van der Waals surface area contributed by atoms with Gasteiger partial charge in [-0.05, 0) is 11.6 Å². The minimum absolute atomic E-state index is 0.0909. The zero-order valence-corrected chi connectivity index (χ0v) is 12.2. The molecule has 0 unspecified atom stereocenters. The standard InChI is InChI=1S/C14H12Cl2N2O2/c1-18(8-9-3-2-4-11(15)13(9)16)14(20)10-7-17-6-5-12(10)19/h2-7H,8H2,1H3,(H,17,19). The van der Waals surface area contributed by atoms with E-state index in [1.807, 2.05) is 0 Å². The monoisotopic (exact) mass is 310 g/mol. The molecule has 0 fully saturated rings. The van der Waals surface area contributed by atoms with Crippen LogP contribution in [0.4, 0.5) is 0 Å². The second-order valence-corrected chi connectivity index (χ2v) is 5.08. The summed E-state index contributed by atoms with van der Waals surface area (Å²) in [7, 11) is 1.60. The van der Waals surface area contributed by atoms with Crippen LogP contribution in [0.1, 0.15) is 15.9 Å². The van der Waals surface area contributed by atoms with Crippen molar-refractivity contribution in [1.29, 1.82) is 0 Å². The molecule has 6 heteroatoms. The maximum absolute atomic E-state index is 12.2. The van der Waals surface area contributed by atoms with Crippen LogP contribution < -0.4 is 5.43 Å². The van der Waals surface area contributed by atoms with Crippen LogP contribution in [0.3, 0.4) is 0 Å². The number of hydrogen-bond donors (Lipinski definition) is 1. The zero-order valence-electron chi connectivity index (χ0n) is 10.7. The third-order valence-electron chi connectivity index (χ3n) is 2.84. The lowest BCUT2D eigenvalue weighted by atomic mass is 10.2. The van der Waals surface area contributed by atoms with Crippen LogP contribution in [0.2, 0.25) is 10.0 Å². The van der Waals surface area contributed by atoms with Crippen molar-refractivity contribution >= 4 is 29.1 Å². The number of pyridine rings is 1. The second kappa shape index (κ2) is 6.11. The van der Waals surface area contributed by atoms with E-state index in [2.05, 4.69) is 4.98 Å². The van der Waals surface area contributed by atoms with Gasteiger partial charge < -0.3 is 9.88 Å². The van der Waals surface area contributed by atoms with Crippen molar-refractivity contribution in [3.05, 3.63) is 68.1 Å². The summed E-state index contributed by atoms with van der Waals surface area (Å²) in [4.78, 5) is 28.0. The van der Waals surface area contributed by atoms with Gasteiger partial charge in [0.15, 0.2) is 5.43 Å². The van der Waals surface area contributed by atoms with E-state index in [0.717, 1.165) is 5.56 Å². The number of amides is 1. The molecule has 0 spiro atoms. The van der Waals surface area contributed by atoms with Gasteiger partial charge in [-0.1, -0.05) is 35.3 Å². The van der Waals surface area contributed by atoms with Gasteiger partial charge in [-0.15, -0.1) is 0 Å². The summed E-state index contributed by atoms with van der Waals surface area (Å²) in [5, 5.41) is 0.846. The number of hydrogen-bond acceptors (Lipinski definition) is 2. The Hall–Kier alpha value is -1.78. The Labute approximate surface area is 125 Å². The minimum atomic E-state index is -0.372. The first kappa shape index (κ1) is 14.6. The number of carbonyl (C=O) groups is 1. The molecule has 0 aliphatic rings. The van der Waals surface area contributed by atoms with Crippen LogP contribution >= 0.6 is 23.2 Å². The lowest BCUT2D eigenvalue weighted by Gasteiger charge is -2.18. The summed E-state index contributed by atoms with van der Waals surface area (Å²) < 4.78 is 0. The van der Waals surface area contributed by atoms with Gasteiger partial charge >= 0.3 is 0 Å².